The molecule has 0 aliphatic rings. The molecule has 1 aromatic carbocycles. The normalized spacial score (nSPS) is 10.1. The minimum Gasteiger partial charge on any atom is -0.382 e. The van der Waals surface area contributed by atoms with E-state index in [2.05, 4.69) is 5.32 Å². The molecule has 0 amide bonds. The van der Waals surface area contributed by atoms with E-state index in [9.17, 15) is 4.39 Å². The number of halogens is 2. The summed E-state index contributed by atoms with van der Waals surface area (Å²) in [5.74, 6) is 0.692. The van der Waals surface area contributed by atoms with Crippen LogP contribution in [0.25, 0.3) is 0 Å². The van der Waals surface area contributed by atoms with Gasteiger partial charge in [0.2, 0.25) is 0 Å². The lowest BCUT2D eigenvalue weighted by Crippen LogP contribution is -2.05. The Morgan fingerprint density at radius 3 is 3.00 bits per heavy atom. The highest BCUT2D eigenvalue weighted by molar-refractivity contribution is 7.98. The first-order valence-corrected chi connectivity index (χ1v) is 5.69. The van der Waals surface area contributed by atoms with E-state index in [1.54, 1.807) is 17.8 Å². The molecule has 4 heteroatoms. The average Bonchev–Trinajstić information content (AvgIpc) is 2.11. The second-order valence-corrected chi connectivity index (χ2v) is 3.97. The van der Waals surface area contributed by atoms with Crippen molar-refractivity contribution in [3.8, 4) is 0 Å². The number of anilines is 1. The van der Waals surface area contributed by atoms with Crippen molar-refractivity contribution in [1.29, 1.82) is 0 Å². The van der Waals surface area contributed by atoms with E-state index in [0.717, 1.165) is 12.3 Å². The van der Waals surface area contributed by atoms with E-state index in [-0.39, 0.29) is 5.82 Å². The maximum absolute atomic E-state index is 13.1. The fraction of sp³-hybridized carbons (Fsp3) is 0.333. The molecule has 0 atom stereocenters. The number of benzene rings is 1. The summed E-state index contributed by atoms with van der Waals surface area (Å²) >= 11 is 7.43. The molecule has 0 heterocycles. The van der Waals surface area contributed by atoms with Crippen LogP contribution < -0.4 is 5.32 Å². The van der Waals surface area contributed by atoms with E-state index in [0.29, 0.717) is 10.7 Å². The smallest absolute Gasteiger partial charge is 0.146 e. The van der Waals surface area contributed by atoms with Crippen LogP contribution in [0.1, 0.15) is 0 Å². The van der Waals surface area contributed by atoms with Gasteiger partial charge in [-0.15, -0.1) is 0 Å². The van der Waals surface area contributed by atoms with Crippen molar-refractivity contribution >= 4 is 29.1 Å². The Morgan fingerprint density at radius 1 is 1.54 bits per heavy atom. The van der Waals surface area contributed by atoms with Crippen LogP contribution in [0, 0.1) is 5.82 Å². The Kier molecular flexibility index (Phi) is 4.39. The molecule has 72 valence electrons. The highest BCUT2D eigenvalue weighted by Crippen LogP contribution is 2.19. The molecule has 0 radical (unpaired) electrons. The molecule has 1 nitrogen and oxygen atoms in total. The maximum Gasteiger partial charge on any atom is 0.146 e. The zero-order valence-electron chi connectivity index (χ0n) is 7.31. The summed E-state index contributed by atoms with van der Waals surface area (Å²) in [6, 6.07) is 4.50. The Labute approximate surface area is 86.7 Å². The standard InChI is InChI=1S/C9H11ClFNS/c1-13-5-4-12-9-6-7(10)2-3-8(9)11/h2-3,6,12H,4-5H2,1H3. The summed E-state index contributed by atoms with van der Waals surface area (Å²) in [4.78, 5) is 0. The Balaban J connectivity index is 2.59. The summed E-state index contributed by atoms with van der Waals surface area (Å²) in [6.45, 7) is 0.748. The van der Waals surface area contributed by atoms with Gasteiger partial charge in [0.15, 0.2) is 0 Å². The third kappa shape index (κ3) is 3.44. The number of nitrogens with one attached hydrogen (secondary N) is 1. The second kappa shape index (κ2) is 5.35. The van der Waals surface area contributed by atoms with Gasteiger partial charge in [0.05, 0.1) is 5.69 Å². The van der Waals surface area contributed by atoms with Gasteiger partial charge in [0.1, 0.15) is 5.82 Å². The molecule has 13 heavy (non-hydrogen) atoms. The highest BCUT2D eigenvalue weighted by Gasteiger charge is 2.00. The van der Waals surface area contributed by atoms with Crippen LogP contribution in [0.5, 0.6) is 0 Å². The highest BCUT2D eigenvalue weighted by atomic mass is 35.5. The summed E-state index contributed by atoms with van der Waals surface area (Å²) in [5.41, 5.74) is 0.474. The van der Waals surface area contributed by atoms with Gasteiger partial charge in [0.25, 0.3) is 0 Å². The van der Waals surface area contributed by atoms with Gasteiger partial charge in [-0.25, -0.2) is 4.39 Å². The zero-order valence-corrected chi connectivity index (χ0v) is 8.88. The molecule has 0 spiro atoms. The van der Waals surface area contributed by atoms with Crippen molar-refractivity contribution < 1.29 is 4.39 Å². The first-order chi connectivity index (χ1) is 6.24. The number of hydrogen-bond donors (Lipinski definition) is 1. The maximum atomic E-state index is 13.1. The van der Waals surface area contributed by atoms with Crippen LogP contribution in [0.4, 0.5) is 10.1 Å². The molecule has 1 aromatic rings. The van der Waals surface area contributed by atoms with E-state index in [4.69, 9.17) is 11.6 Å². The van der Waals surface area contributed by atoms with Gasteiger partial charge in [-0.1, -0.05) is 11.6 Å². The molecule has 0 unspecified atom stereocenters. The molecular weight excluding hydrogens is 209 g/mol. The van der Waals surface area contributed by atoms with E-state index in [1.807, 2.05) is 6.26 Å². The van der Waals surface area contributed by atoms with Crippen LogP contribution in [0.3, 0.4) is 0 Å². The molecule has 0 aliphatic heterocycles. The van der Waals surface area contributed by atoms with E-state index >= 15 is 0 Å². The Morgan fingerprint density at radius 2 is 2.31 bits per heavy atom. The van der Waals surface area contributed by atoms with Crippen molar-refractivity contribution in [1.82, 2.24) is 0 Å². The van der Waals surface area contributed by atoms with Crippen molar-refractivity contribution in [3.05, 3.63) is 29.0 Å². The van der Waals surface area contributed by atoms with Crippen LogP contribution in [0.15, 0.2) is 18.2 Å². The summed E-state index contributed by atoms with van der Waals surface area (Å²) in [7, 11) is 0. The minimum absolute atomic E-state index is 0.259. The number of thioether (sulfide) groups is 1. The molecule has 0 fully saturated rings. The molecule has 0 aliphatic carbocycles. The van der Waals surface area contributed by atoms with Crippen LogP contribution >= 0.6 is 23.4 Å². The SMILES string of the molecule is CSCCNc1cc(Cl)ccc1F. The van der Waals surface area contributed by atoms with Gasteiger partial charge in [-0.2, -0.15) is 11.8 Å². The predicted octanol–water partition coefficient (Wildman–Crippen LogP) is 3.25. The van der Waals surface area contributed by atoms with Crippen molar-refractivity contribution in [2.24, 2.45) is 0 Å². The average molecular weight is 220 g/mol. The van der Waals surface area contributed by atoms with Gasteiger partial charge in [0, 0.05) is 17.3 Å². The molecule has 0 aromatic heterocycles. The minimum atomic E-state index is -0.259. The summed E-state index contributed by atoms with van der Waals surface area (Å²) < 4.78 is 13.1. The zero-order chi connectivity index (χ0) is 9.68. The lowest BCUT2D eigenvalue weighted by atomic mass is 10.3. The van der Waals surface area contributed by atoms with Crippen LogP contribution in [-0.4, -0.2) is 18.6 Å². The number of rotatable bonds is 4. The summed E-state index contributed by atoms with van der Waals surface area (Å²) in [6.07, 6.45) is 2.01. The Bertz CT molecular complexity index is 280. The van der Waals surface area contributed by atoms with Crippen molar-refractivity contribution in [2.45, 2.75) is 0 Å². The van der Waals surface area contributed by atoms with Crippen molar-refractivity contribution in [2.75, 3.05) is 23.9 Å². The fourth-order valence-electron chi connectivity index (χ4n) is 0.921. The molecule has 0 saturated carbocycles. The first kappa shape index (κ1) is 10.7. The van der Waals surface area contributed by atoms with Gasteiger partial charge < -0.3 is 5.32 Å². The first-order valence-electron chi connectivity index (χ1n) is 3.92. The molecule has 0 saturated heterocycles. The van der Waals surface area contributed by atoms with Gasteiger partial charge in [-0.05, 0) is 24.5 Å². The molecule has 0 bridgehead atoms. The quantitative estimate of drug-likeness (QED) is 0.781. The van der Waals surface area contributed by atoms with Crippen molar-refractivity contribution in [3.63, 3.8) is 0 Å². The van der Waals surface area contributed by atoms with E-state index in [1.165, 1.54) is 12.1 Å². The second-order valence-electron chi connectivity index (χ2n) is 2.54. The third-order valence-electron chi connectivity index (χ3n) is 1.55. The lowest BCUT2D eigenvalue weighted by molar-refractivity contribution is 0.630. The van der Waals surface area contributed by atoms with Crippen LogP contribution in [-0.2, 0) is 0 Å². The predicted molar refractivity (Wildman–Crippen MR) is 58.3 cm³/mol. The van der Waals surface area contributed by atoms with Gasteiger partial charge in [-0.3, -0.25) is 0 Å². The molecule has 1 N–H and O–H groups in total. The van der Waals surface area contributed by atoms with Gasteiger partial charge >= 0.3 is 0 Å². The van der Waals surface area contributed by atoms with E-state index < -0.39 is 0 Å². The fourth-order valence-corrected chi connectivity index (χ4v) is 1.40. The lowest BCUT2D eigenvalue weighted by Gasteiger charge is -2.06. The Hall–Kier alpha value is -0.410. The topological polar surface area (TPSA) is 12.0 Å². The molecular formula is C9H11ClFNS. The third-order valence-corrected chi connectivity index (χ3v) is 2.40. The monoisotopic (exact) mass is 219 g/mol. The number of hydrogen-bond acceptors (Lipinski definition) is 2. The summed E-state index contributed by atoms with van der Waals surface area (Å²) in [5, 5.41) is 3.52. The largest absolute Gasteiger partial charge is 0.382 e. The molecule has 1 rings (SSSR count). The van der Waals surface area contributed by atoms with Crippen LogP contribution in [0.2, 0.25) is 5.02 Å².